The quantitative estimate of drug-likeness (QED) is 0.809. The number of amides is 1. The van der Waals surface area contributed by atoms with Crippen molar-refractivity contribution in [3.8, 4) is 0 Å². The number of furan rings is 1. The summed E-state index contributed by atoms with van der Waals surface area (Å²) in [6.45, 7) is 6.82. The fourth-order valence-corrected chi connectivity index (χ4v) is 3.05. The molecule has 2 fully saturated rings. The zero-order valence-corrected chi connectivity index (χ0v) is 13.0. The molecule has 2 aliphatic rings. The topological polar surface area (TPSA) is 42.7 Å². The fraction of sp³-hybridized carbons (Fsp3) is 0.706. The lowest BCUT2D eigenvalue weighted by Crippen LogP contribution is -2.31. The molecular formula is C17H25NO3. The van der Waals surface area contributed by atoms with Crippen LogP contribution in [0.2, 0.25) is 0 Å². The van der Waals surface area contributed by atoms with Crippen LogP contribution in [0.3, 0.4) is 0 Å². The lowest BCUT2D eigenvalue weighted by atomic mass is 10.1. The van der Waals surface area contributed by atoms with E-state index < -0.39 is 0 Å². The molecule has 1 saturated carbocycles. The Morgan fingerprint density at radius 3 is 3.10 bits per heavy atom. The van der Waals surface area contributed by atoms with Gasteiger partial charge in [-0.25, -0.2) is 0 Å². The summed E-state index contributed by atoms with van der Waals surface area (Å²) in [7, 11) is 0. The Morgan fingerprint density at radius 1 is 1.52 bits per heavy atom. The second-order valence-electron chi connectivity index (χ2n) is 6.71. The first-order valence-electron chi connectivity index (χ1n) is 8.09. The Morgan fingerprint density at radius 2 is 2.38 bits per heavy atom. The van der Waals surface area contributed by atoms with Gasteiger partial charge in [-0.05, 0) is 37.3 Å². The molecule has 21 heavy (non-hydrogen) atoms. The Labute approximate surface area is 126 Å². The fourth-order valence-electron chi connectivity index (χ4n) is 3.05. The molecule has 1 aromatic heterocycles. The third-order valence-corrected chi connectivity index (χ3v) is 4.52. The number of carbonyl (C=O) groups excluding carboxylic acids is 1. The highest BCUT2D eigenvalue weighted by molar-refractivity contribution is 5.83. The van der Waals surface area contributed by atoms with Gasteiger partial charge in [0.05, 0.1) is 12.4 Å². The van der Waals surface area contributed by atoms with Gasteiger partial charge in [-0.3, -0.25) is 4.79 Å². The Kier molecular flexibility index (Phi) is 4.34. The first-order valence-corrected chi connectivity index (χ1v) is 8.09. The number of carbonyl (C=O) groups is 1. The minimum Gasteiger partial charge on any atom is -0.469 e. The van der Waals surface area contributed by atoms with E-state index in [1.165, 1.54) is 0 Å². The van der Waals surface area contributed by atoms with Crippen molar-refractivity contribution in [1.29, 1.82) is 0 Å². The molecule has 116 valence electrons. The monoisotopic (exact) mass is 291 g/mol. The number of hydrogen-bond acceptors (Lipinski definition) is 3. The van der Waals surface area contributed by atoms with Crippen LogP contribution in [0.5, 0.6) is 0 Å². The Hall–Kier alpha value is -1.29. The van der Waals surface area contributed by atoms with Gasteiger partial charge in [-0.15, -0.1) is 0 Å². The van der Waals surface area contributed by atoms with E-state index >= 15 is 0 Å². The van der Waals surface area contributed by atoms with Crippen molar-refractivity contribution in [2.75, 3.05) is 19.7 Å². The average molecular weight is 291 g/mol. The molecule has 4 heteroatoms. The molecule has 0 aromatic carbocycles. The van der Waals surface area contributed by atoms with Crippen molar-refractivity contribution in [3.05, 3.63) is 24.2 Å². The minimum absolute atomic E-state index is 0.130. The molecule has 0 N–H and O–H groups in total. The molecule has 3 rings (SSSR count). The van der Waals surface area contributed by atoms with Crippen molar-refractivity contribution in [2.45, 2.75) is 45.1 Å². The van der Waals surface area contributed by atoms with E-state index in [1.54, 1.807) is 6.26 Å². The maximum absolute atomic E-state index is 12.5. The van der Waals surface area contributed by atoms with Crippen LogP contribution in [0.1, 0.15) is 44.8 Å². The second kappa shape index (κ2) is 6.22. The van der Waals surface area contributed by atoms with Gasteiger partial charge in [0, 0.05) is 31.5 Å². The lowest BCUT2D eigenvalue weighted by molar-refractivity contribution is -0.132. The van der Waals surface area contributed by atoms with Crippen LogP contribution in [0.15, 0.2) is 22.8 Å². The summed E-state index contributed by atoms with van der Waals surface area (Å²) >= 11 is 0. The molecule has 1 aliphatic heterocycles. The van der Waals surface area contributed by atoms with Crippen molar-refractivity contribution in [2.24, 2.45) is 11.8 Å². The first kappa shape index (κ1) is 14.6. The van der Waals surface area contributed by atoms with E-state index in [0.717, 1.165) is 44.7 Å². The maximum Gasteiger partial charge on any atom is 0.226 e. The van der Waals surface area contributed by atoms with E-state index in [1.807, 2.05) is 17.0 Å². The van der Waals surface area contributed by atoms with Crippen molar-refractivity contribution >= 4 is 5.91 Å². The highest BCUT2D eigenvalue weighted by Crippen LogP contribution is 2.48. The number of nitrogens with zero attached hydrogens (tertiary/aromatic N) is 1. The molecule has 1 aliphatic carbocycles. The Balaban J connectivity index is 1.43. The van der Waals surface area contributed by atoms with Gasteiger partial charge in [0.15, 0.2) is 0 Å². The normalized spacial score (nSPS) is 28.3. The smallest absolute Gasteiger partial charge is 0.226 e. The van der Waals surface area contributed by atoms with Crippen LogP contribution >= 0.6 is 0 Å². The summed E-state index contributed by atoms with van der Waals surface area (Å²) < 4.78 is 11.3. The van der Waals surface area contributed by atoms with E-state index in [-0.39, 0.29) is 17.9 Å². The number of likely N-dealkylation sites (tertiary alicyclic amines) is 1. The van der Waals surface area contributed by atoms with E-state index in [0.29, 0.717) is 11.8 Å². The molecule has 1 aromatic rings. The summed E-state index contributed by atoms with van der Waals surface area (Å²) in [5, 5.41) is 0. The zero-order valence-electron chi connectivity index (χ0n) is 13.0. The van der Waals surface area contributed by atoms with E-state index in [4.69, 9.17) is 9.15 Å². The maximum atomic E-state index is 12.5. The van der Waals surface area contributed by atoms with Gasteiger partial charge in [-0.2, -0.15) is 0 Å². The molecule has 4 nitrogen and oxygen atoms in total. The largest absolute Gasteiger partial charge is 0.469 e. The first-order chi connectivity index (χ1) is 10.1. The average Bonchev–Trinajstić information content (AvgIpc) is 2.90. The summed E-state index contributed by atoms with van der Waals surface area (Å²) in [6.07, 6.45) is 4.91. The molecule has 1 amide bonds. The van der Waals surface area contributed by atoms with Crippen molar-refractivity contribution in [3.63, 3.8) is 0 Å². The van der Waals surface area contributed by atoms with Crippen molar-refractivity contribution < 1.29 is 13.9 Å². The summed E-state index contributed by atoms with van der Waals surface area (Å²) in [5.41, 5.74) is 0. The van der Waals surface area contributed by atoms with Crippen LogP contribution in [0.4, 0.5) is 0 Å². The molecule has 0 spiro atoms. The minimum atomic E-state index is 0.130. The highest BCUT2D eigenvalue weighted by Gasteiger charge is 2.48. The summed E-state index contributed by atoms with van der Waals surface area (Å²) in [4.78, 5) is 14.4. The van der Waals surface area contributed by atoms with Gasteiger partial charge in [0.25, 0.3) is 0 Å². The van der Waals surface area contributed by atoms with Crippen LogP contribution in [-0.4, -0.2) is 36.6 Å². The molecule has 3 atom stereocenters. The van der Waals surface area contributed by atoms with Gasteiger partial charge in [0.1, 0.15) is 5.76 Å². The van der Waals surface area contributed by atoms with Crippen LogP contribution in [0, 0.1) is 11.8 Å². The summed E-state index contributed by atoms with van der Waals surface area (Å²) in [6, 6.07) is 3.86. The van der Waals surface area contributed by atoms with Gasteiger partial charge in [0.2, 0.25) is 5.91 Å². The third-order valence-electron chi connectivity index (χ3n) is 4.52. The molecule has 1 saturated heterocycles. The summed E-state index contributed by atoms with van der Waals surface area (Å²) in [5.74, 6) is 2.34. The molecule has 0 bridgehead atoms. The van der Waals surface area contributed by atoms with Gasteiger partial charge in [-0.1, -0.05) is 13.8 Å². The lowest BCUT2D eigenvalue weighted by Gasteiger charge is -2.17. The second-order valence-corrected chi connectivity index (χ2v) is 6.71. The standard InChI is InChI=1S/C17H25NO3/c1-12(2)6-9-20-13-5-7-18(11-13)17(19)15-10-14(15)16-4-3-8-21-16/h3-4,8,12-15H,5-7,9-11H2,1-2H3/t13-,14-,15-/m1/s1. The van der Waals surface area contributed by atoms with Gasteiger partial charge < -0.3 is 14.1 Å². The van der Waals surface area contributed by atoms with E-state index in [2.05, 4.69) is 13.8 Å². The highest BCUT2D eigenvalue weighted by atomic mass is 16.5. The Bertz CT molecular complexity index is 468. The van der Waals surface area contributed by atoms with E-state index in [9.17, 15) is 4.79 Å². The van der Waals surface area contributed by atoms with Crippen molar-refractivity contribution in [1.82, 2.24) is 4.90 Å². The predicted octanol–water partition coefficient (Wildman–Crippen LogP) is 3.05. The molecule has 0 radical (unpaired) electrons. The SMILES string of the molecule is CC(C)CCO[C@@H]1CCN(C(=O)[C@@H]2C[C@H]2c2ccco2)C1. The zero-order chi connectivity index (χ0) is 14.8. The molecule has 0 unspecified atom stereocenters. The number of rotatable bonds is 6. The van der Waals surface area contributed by atoms with Crippen LogP contribution in [0.25, 0.3) is 0 Å². The van der Waals surface area contributed by atoms with Crippen LogP contribution in [-0.2, 0) is 9.53 Å². The predicted molar refractivity (Wildman–Crippen MR) is 79.9 cm³/mol. The number of hydrogen-bond donors (Lipinski definition) is 0. The number of ether oxygens (including phenoxy) is 1. The van der Waals surface area contributed by atoms with Gasteiger partial charge >= 0.3 is 0 Å². The third kappa shape index (κ3) is 3.49. The molecule has 2 heterocycles. The molecular weight excluding hydrogens is 266 g/mol. The van der Waals surface area contributed by atoms with Crippen LogP contribution < -0.4 is 0 Å².